The number of hydrogen-bond acceptors (Lipinski definition) is 4. The molecule has 1 N–H and O–H groups in total. The van der Waals surface area contributed by atoms with E-state index >= 15 is 0 Å². The summed E-state index contributed by atoms with van der Waals surface area (Å²) in [5, 5.41) is 5.94. The third kappa shape index (κ3) is 3.45. The first kappa shape index (κ1) is 16.5. The predicted octanol–water partition coefficient (Wildman–Crippen LogP) is 3.62. The number of fused-ring (bicyclic) bond motifs is 1. The lowest BCUT2D eigenvalue weighted by molar-refractivity contribution is 0.0957. The van der Waals surface area contributed by atoms with Crippen molar-refractivity contribution in [2.24, 2.45) is 5.10 Å². The van der Waals surface area contributed by atoms with Crippen molar-refractivity contribution in [3.05, 3.63) is 71.8 Å². The third-order valence-electron chi connectivity index (χ3n) is 3.84. The zero-order chi connectivity index (χ0) is 17.6. The van der Waals surface area contributed by atoms with Crippen LogP contribution in [-0.2, 0) is 0 Å². The summed E-state index contributed by atoms with van der Waals surface area (Å²) in [6.45, 7) is 0. The number of para-hydroxylation sites is 1. The lowest BCUT2D eigenvalue weighted by Gasteiger charge is -2.09. The van der Waals surface area contributed by atoms with Crippen LogP contribution in [0.25, 0.3) is 10.8 Å². The summed E-state index contributed by atoms with van der Waals surface area (Å²) < 4.78 is 10.6. The molecule has 0 aliphatic rings. The van der Waals surface area contributed by atoms with Crippen molar-refractivity contribution >= 4 is 22.9 Å². The van der Waals surface area contributed by atoms with Gasteiger partial charge in [-0.25, -0.2) is 5.43 Å². The Morgan fingerprint density at radius 3 is 2.52 bits per heavy atom. The second kappa shape index (κ2) is 7.49. The number of nitrogens with one attached hydrogen (secondary N) is 1. The first-order valence-corrected chi connectivity index (χ1v) is 7.76. The van der Waals surface area contributed by atoms with Crippen LogP contribution in [0.1, 0.15) is 15.9 Å². The Morgan fingerprint density at radius 2 is 1.72 bits per heavy atom. The van der Waals surface area contributed by atoms with Crippen molar-refractivity contribution in [3.63, 3.8) is 0 Å². The molecular formula is C20H18N2O3. The highest BCUT2D eigenvalue weighted by Gasteiger charge is 2.10. The van der Waals surface area contributed by atoms with Crippen LogP contribution in [0.4, 0.5) is 0 Å². The van der Waals surface area contributed by atoms with Crippen molar-refractivity contribution in [3.8, 4) is 11.5 Å². The van der Waals surface area contributed by atoms with Gasteiger partial charge in [0.2, 0.25) is 0 Å². The van der Waals surface area contributed by atoms with Crippen LogP contribution in [-0.4, -0.2) is 26.3 Å². The minimum absolute atomic E-state index is 0.269. The number of hydrazone groups is 1. The zero-order valence-corrected chi connectivity index (χ0v) is 14.0. The van der Waals surface area contributed by atoms with Crippen LogP contribution in [0.5, 0.6) is 11.5 Å². The monoisotopic (exact) mass is 334 g/mol. The topological polar surface area (TPSA) is 59.9 Å². The van der Waals surface area contributed by atoms with Gasteiger partial charge in [0.05, 0.1) is 20.4 Å². The van der Waals surface area contributed by atoms with Gasteiger partial charge in [0.25, 0.3) is 5.91 Å². The molecule has 0 saturated heterocycles. The second-order valence-electron chi connectivity index (χ2n) is 5.31. The van der Waals surface area contributed by atoms with Gasteiger partial charge in [-0.15, -0.1) is 0 Å². The Hall–Kier alpha value is -3.34. The first-order chi connectivity index (χ1) is 12.2. The van der Waals surface area contributed by atoms with E-state index in [1.54, 1.807) is 26.4 Å². The number of ether oxygens (including phenoxy) is 2. The highest BCUT2D eigenvalue weighted by Crippen LogP contribution is 2.29. The molecule has 1 amide bonds. The van der Waals surface area contributed by atoms with Gasteiger partial charge >= 0.3 is 0 Å². The maximum Gasteiger partial charge on any atom is 0.271 e. The van der Waals surface area contributed by atoms with Crippen molar-refractivity contribution < 1.29 is 14.3 Å². The van der Waals surface area contributed by atoms with Crippen LogP contribution in [0.15, 0.2) is 65.8 Å². The molecule has 0 heterocycles. The smallest absolute Gasteiger partial charge is 0.271 e. The lowest BCUT2D eigenvalue weighted by Crippen LogP contribution is -2.18. The molecule has 3 aromatic carbocycles. The van der Waals surface area contributed by atoms with Crippen LogP contribution >= 0.6 is 0 Å². The van der Waals surface area contributed by atoms with Crippen molar-refractivity contribution in [1.29, 1.82) is 0 Å². The quantitative estimate of drug-likeness (QED) is 0.573. The van der Waals surface area contributed by atoms with Crippen LogP contribution in [0.2, 0.25) is 0 Å². The zero-order valence-electron chi connectivity index (χ0n) is 14.0. The average molecular weight is 334 g/mol. The molecule has 5 nitrogen and oxygen atoms in total. The molecule has 0 aromatic heterocycles. The van der Waals surface area contributed by atoms with E-state index in [9.17, 15) is 4.79 Å². The molecule has 0 aliphatic heterocycles. The molecule has 0 unspecified atom stereocenters. The summed E-state index contributed by atoms with van der Waals surface area (Å²) in [7, 11) is 3.13. The molecule has 3 rings (SSSR count). The Balaban J connectivity index is 1.82. The number of carbonyl (C=O) groups excluding carboxylic acids is 1. The Bertz CT molecular complexity index is 930. The highest BCUT2D eigenvalue weighted by molar-refractivity contribution is 6.07. The van der Waals surface area contributed by atoms with Gasteiger partial charge in [0.1, 0.15) is 0 Å². The summed E-state index contributed by atoms with van der Waals surface area (Å²) >= 11 is 0. The van der Waals surface area contributed by atoms with E-state index in [-0.39, 0.29) is 5.91 Å². The Labute approximate surface area is 145 Å². The van der Waals surface area contributed by atoms with Crippen molar-refractivity contribution in [2.45, 2.75) is 0 Å². The molecule has 0 saturated carbocycles. The summed E-state index contributed by atoms with van der Waals surface area (Å²) in [6.07, 6.45) is 1.53. The largest absolute Gasteiger partial charge is 0.493 e. The minimum atomic E-state index is -0.269. The van der Waals surface area contributed by atoms with Crippen LogP contribution in [0.3, 0.4) is 0 Å². The Morgan fingerprint density at radius 1 is 0.960 bits per heavy atom. The molecule has 0 bridgehead atoms. The molecule has 0 fully saturated rings. The average Bonchev–Trinajstić information content (AvgIpc) is 2.67. The first-order valence-electron chi connectivity index (χ1n) is 7.76. The maximum atomic E-state index is 12.4. The van der Waals surface area contributed by atoms with E-state index in [1.807, 2.05) is 48.5 Å². The molecule has 0 aliphatic carbocycles. The molecule has 0 spiro atoms. The van der Waals surface area contributed by atoms with Gasteiger partial charge < -0.3 is 9.47 Å². The number of rotatable bonds is 5. The highest BCUT2D eigenvalue weighted by atomic mass is 16.5. The van der Waals surface area contributed by atoms with Gasteiger partial charge in [-0.05, 0) is 29.0 Å². The minimum Gasteiger partial charge on any atom is -0.493 e. The van der Waals surface area contributed by atoms with Crippen molar-refractivity contribution in [2.75, 3.05) is 14.2 Å². The van der Waals surface area contributed by atoms with Gasteiger partial charge in [0.15, 0.2) is 11.5 Å². The summed E-state index contributed by atoms with van der Waals surface area (Å²) in [5.41, 5.74) is 3.85. The maximum absolute atomic E-state index is 12.4. The Kier molecular flexibility index (Phi) is 4.95. The van der Waals surface area contributed by atoms with Gasteiger partial charge in [0, 0.05) is 11.1 Å². The molecule has 25 heavy (non-hydrogen) atoms. The summed E-state index contributed by atoms with van der Waals surface area (Å²) in [4.78, 5) is 12.4. The number of amides is 1. The van der Waals surface area contributed by atoms with E-state index < -0.39 is 0 Å². The molecular weight excluding hydrogens is 316 g/mol. The number of nitrogens with zero attached hydrogens (tertiary/aromatic N) is 1. The van der Waals surface area contributed by atoms with Gasteiger partial charge in [-0.3, -0.25) is 4.79 Å². The van der Waals surface area contributed by atoms with Crippen LogP contribution in [0, 0.1) is 0 Å². The van der Waals surface area contributed by atoms with Crippen LogP contribution < -0.4 is 14.9 Å². The van der Waals surface area contributed by atoms with E-state index in [0.29, 0.717) is 22.6 Å². The van der Waals surface area contributed by atoms with Gasteiger partial charge in [-0.2, -0.15) is 5.10 Å². The van der Waals surface area contributed by atoms with Gasteiger partial charge in [-0.1, -0.05) is 42.5 Å². The van der Waals surface area contributed by atoms with E-state index in [1.165, 1.54) is 6.21 Å². The van der Waals surface area contributed by atoms with E-state index in [4.69, 9.17) is 9.47 Å². The fourth-order valence-corrected chi connectivity index (χ4v) is 2.66. The summed E-state index contributed by atoms with van der Waals surface area (Å²) in [6, 6.07) is 18.8. The lowest BCUT2D eigenvalue weighted by atomic mass is 10.0. The number of methoxy groups -OCH3 is 2. The van der Waals surface area contributed by atoms with E-state index in [2.05, 4.69) is 10.5 Å². The molecule has 0 radical (unpaired) electrons. The number of carbonyl (C=O) groups is 1. The number of hydrogen-bond donors (Lipinski definition) is 1. The third-order valence-corrected chi connectivity index (χ3v) is 3.84. The van der Waals surface area contributed by atoms with Crippen molar-refractivity contribution in [1.82, 2.24) is 5.43 Å². The normalized spacial score (nSPS) is 10.8. The predicted molar refractivity (Wildman–Crippen MR) is 98.6 cm³/mol. The second-order valence-corrected chi connectivity index (χ2v) is 5.31. The standard InChI is InChI=1S/C20H18N2O3/c1-24-18-12-6-9-15(19(18)25-2)13-21-22-20(23)17-11-5-8-14-7-3-4-10-16(14)17/h3-13H,1-2H3,(H,22,23)/b21-13+. The number of benzene rings is 3. The molecule has 0 atom stereocenters. The molecule has 3 aromatic rings. The summed E-state index contributed by atoms with van der Waals surface area (Å²) in [5.74, 6) is 0.898. The molecule has 5 heteroatoms. The molecule has 126 valence electrons. The van der Waals surface area contributed by atoms with E-state index in [0.717, 1.165) is 10.8 Å². The SMILES string of the molecule is COc1cccc(/C=N/NC(=O)c2cccc3ccccc23)c1OC. The fourth-order valence-electron chi connectivity index (χ4n) is 2.66. The fraction of sp³-hybridized carbons (Fsp3) is 0.100.